The molecule has 0 aliphatic rings. The molecule has 0 aliphatic carbocycles. The van der Waals surface area contributed by atoms with Crippen LogP contribution in [0.1, 0.15) is 20.8 Å². The minimum absolute atomic E-state index is 0.228. The van der Waals surface area contributed by atoms with Crippen molar-refractivity contribution in [3.05, 3.63) is 0 Å². The van der Waals surface area contributed by atoms with Crippen molar-refractivity contribution in [1.29, 1.82) is 0 Å². The van der Waals surface area contributed by atoms with Crippen LogP contribution in [0.3, 0.4) is 0 Å². The van der Waals surface area contributed by atoms with Gasteiger partial charge in [0.25, 0.3) is 0 Å². The van der Waals surface area contributed by atoms with Gasteiger partial charge < -0.3 is 13.5 Å². The molecule has 0 spiro atoms. The lowest BCUT2D eigenvalue weighted by atomic mass is 10.4. The van der Waals surface area contributed by atoms with Crippen LogP contribution in [0.2, 0.25) is 0 Å². The van der Waals surface area contributed by atoms with Gasteiger partial charge in [0.1, 0.15) is 31.0 Å². The van der Waals surface area contributed by atoms with Crippen LogP contribution < -0.4 is 0 Å². The molecule has 0 bridgehead atoms. The van der Waals surface area contributed by atoms with Crippen LogP contribution in [0.4, 0.5) is 0 Å². The van der Waals surface area contributed by atoms with E-state index in [2.05, 4.69) is 9.28 Å². The van der Waals surface area contributed by atoms with Gasteiger partial charge in [0.15, 0.2) is 0 Å². The molecule has 0 heterocycles. The third-order valence-corrected chi connectivity index (χ3v) is 2.65. The quantitative estimate of drug-likeness (QED) is 0.231. The topological polar surface area (TPSA) is 71.0 Å². The highest BCUT2D eigenvalue weighted by molar-refractivity contribution is 7.74. The maximum atomic E-state index is 10.3. The first kappa shape index (κ1) is 14.3. The summed E-state index contributed by atoms with van der Waals surface area (Å²) < 4.78 is 30.2. The van der Waals surface area contributed by atoms with Gasteiger partial charge in [-0.15, -0.1) is 0 Å². The maximum Gasteiger partial charge on any atom is 0.450 e. The van der Waals surface area contributed by atoms with Crippen LogP contribution in [0, 0.1) is 0 Å². The fourth-order valence-electron chi connectivity index (χ4n) is 1.21. The molecule has 0 amide bonds. The number of nitrogens with zero attached hydrogens (tertiary/aromatic N) is 2. The zero-order chi connectivity index (χ0) is 11.9. The first-order valence-electron chi connectivity index (χ1n) is 4.81. The standard InChI is InChI=1S/C8H18N2O4S/c1-5-10(6-2,7-3)9-8(13-4)14-15(11)12/h5-7H2,1-4H3. The van der Waals surface area contributed by atoms with E-state index >= 15 is 0 Å². The Morgan fingerprint density at radius 3 is 2.07 bits per heavy atom. The molecular weight excluding hydrogens is 220 g/mol. The van der Waals surface area contributed by atoms with E-state index in [4.69, 9.17) is 4.74 Å². The van der Waals surface area contributed by atoms with Crippen molar-refractivity contribution in [3.63, 3.8) is 0 Å². The summed E-state index contributed by atoms with van der Waals surface area (Å²) in [6, 6.07) is 0. The predicted octanol–water partition coefficient (Wildman–Crippen LogP) is 0.591. The van der Waals surface area contributed by atoms with Crippen LogP contribution in [-0.2, 0) is 20.3 Å². The molecule has 0 rings (SSSR count). The summed E-state index contributed by atoms with van der Waals surface area (Å²) in [6.45, 7) is 8.14. The molecule has 0 radical (unpaired) electrons. The second-order valence-electron chi connectivity index (χ2n) is 2.90. The van der Waals surface area contributed by atoms with Gasteiger partial charge in [-0.2, -0.15) is 4.59 Å². The molecule has 0 aromatic carbocycles. The molecule has 1 atom stereocenters. The molecule has 0 aromatic rings. The van der Waals surface area contributed by atoms with Crippen molar-refractivity contribution < 1.29 is 22.3 Å². The van der Waals surface area contributed by atoms with Crippen molar-refractivity contribution in [3.8, 4) is 0 Å². The highest BCUT2D eigenvalue weighted by atomic mass is 32.2. The smallest absolute Gasteiger partial charge is 0.450 e. The lowest BCUT2D eigenvalue weighted by Crippen LogP contribution is -2.43. The Bertz CT molecular complexity index is 233. The summed E-state index contributed by atoms with van der Waals surface area (Å²) in [6.07, 6.45) is -0.228. The van der Waals surface area contributed by atoms with Crippen molar-refractivity contribution in [1.82, 2.24) is 0 Å². The van der Waals surface area contributed by atoms with Crippen molar-refractivity contribution >= 4 is 17.4 Å². The summed E-state index contributed by atoms with van der Waals surface area (Å²) in [5, 5.41) is 4.14. The van der Waals surface area contributed by atoms with Gasteiger partial charge in [0.2, 0.25) is 0 Å². The molecule has 0 aliphatic heterocycles. The summed E-state index contributed by atoms with van der Waals surface area (Å²) >= 11 is -2.65. The third kappa shape index (κ3) is 4.59. The summed E-state index contributed by atoms with van der Waals surface area (Å²) in [7, 11) is 1.32. The van der Waals surface area contributed by atoms with Gasteiger partial charge in [-0.3, -0.25) is 0 Å². The highest BCUT2D eigenvalue weighted by Gasteiger charge is 2.23. The molecule has 6 nitrogen and oxygen atoms in total. The Balaban J connectivity index is 4.82. The van der Waals surface area contributed by atoms with Gasteiger partial charge >= 0.3 is 6.08 Å². The molecule has 0 fully saturated rings. The predicted molar refractivity (Wildman–Crippen MR) is 56.3 cm³/mol. The summed E-state index contributed by atoms with van der Waals surface area (Å²) in [5.74, 6) is 0. The van der Waals surface area contributed by atoms with E-state index in [1.54, 1.807) is 0 Å². The normalized spacial score (nSPS) is 14.9. The average molecular weight is 238 g/mol. The monoisotopic (exact) mass is 238 g/mol. The Kier molecular flexibility index (Phi) is 6.46. The Labute approximate surface area is 92.9 Å². The maximum absolute atomic E-state index is 10.3. The van der Waals surface area contributed by atoms with E-state index in [0.717, 1.165) is 19.6 Å². The van der Waals surface area contributed by atoms with Crippen molar-refractivity contribution in [2.24, 2.45) is 5.10 Å². The van der Waals surface area contributed by atoms with Gasteiger partial charge in [-0.25, -0.2) is 4.21 Å². The van der Waals surface area contributed by atoms with Crippen LogP contribution in [0.25, 0.3) is 0 Å². The van der Waals surface area contributed by atoms with E-state index in [1.165, 1.54) is 7.11 Å². The third-order valence-electron chi connectivity index (χ3n) is 2.37. The number of hydrogen-bond donors (Lipinski definition) is 0. The van der Waals surface area contributed by atoms with Crippen LogP contribution in [0.5, 0.6) is 0 Å². The lowest BCUT2D eigenvalue weighted by molar-refractivity contribution is -0.930. The number of quaternary nitrogens is 1. The van der Waals surface area contributed by atoms with E-state index < -0.39 is 11.4 Å². The largest absolute Gasteiger partial charge is 0.740 e. The van der Waals surface area contributed by atoms with Crippen molar-refractivity contribution in [2.45, 2.75) is 20.8 Å². The van der Waals surface area contributed by atoms with Crippen LogP contribution >= 0.6 is 0 Å². The van der Waals surface area contributed by atoms with E-state index in [0.29, 0.717) is 4.59 Å². The van der Waals surface area contributed by atoms with E-state index in [-0.39, 0.29) is 6.08 Å². The zero-order valence-corrected chi connectivity index (χ0v) is 10.4. The minimum atomic E-state index is -2.65. The van der Waals surface area contributed by atoms with E-state index in [9.17, 15) is 8.76 Å². The van der Waals surface area contributed by atoms with Crippen LogP contribution in [-0.4, -0.2) is 46.2 Å². The number of ether oxygens (including phenoxy) is 1. The molecule has 1 unspecified atom stereocenters. The number of hydrogen-bond acceptors (Lipinski definition) is 5. The molecule has 0 aromatic heterocycles. The first-order chi connectivity index (χ1) is 7.03. The molecular formula is C8H18N2O4S. The molecule has 0 saturated carbocycles. The zero-order valence-electron chi connectivity index (χ0n) is 9.56. The Morgan fingerprint density at radius 2 is 1.80 bits per heavy atom. The molecule has 90 valence electrons. The number of methoxy groups -OCH3 is 1. The number of rotatable bonds is 5. The van der Waals surface area contributed by atoms with Crippen molar-refractivity contribution in [2.75, 3.05) is 26.7 Å². The van der Waals surface area contributed by atoms with E-state index in [1.807, 2.05) is 20.8 Å². The van der Waals surface area contributed by atoms with Gasteiger partial charge in [-0.1, -0.05) is 0 Å². The Hall–Kier alpha value is -0.660. The average Bonchev–Trinajstić information content (AvgIpc) is 2.24. The molecule has 0 N–H and O–H groups in total. The fraction of sp³-hybridized carbons (Fsp3) is 0.875. The van der Waals surface area contributed by atoms with Crippen LogP contribution in [0.15, 0.2) is 5.10 Å². The van der Waals surface area contributed by atoms with Gasteiger partial charge in [0.05, 0.1) is 7.11 Å². The molecule has 0 saturated heterocycles. The highest BCUT2D eigenvalue weighted by Crippen LogP contribution is 2.08. The summed E-state index contributed by atoms with van der Waals surface area (Å²) in [4.78, 5) is 0. The summed E-state index contributed by atoms with van der Waals surface area (Å²) in [5.41, 5.74) is 0. The second kappa shape index (κ2) is 6.76. The second-order valence-corrected chi connectivity index (χ2v) is 3.48. The SMILES string of the molecule is CC[N+](CC)(CC)N=C(OC)OS(=O)[O-]. The molecule has 15 heavy (non-hydrogen) atoms. The molecule has 7 heteroatoms. The first-order valence-corrected chi connectivity index (χ1v) is 5.81. The van der Waals surface area contributed by atoms with Gasteiger partial charge in [0, 0.05) is 5.10 Å². The fourth-order valence-corrected chi connectivity index (χ4v) is 1.42. The van der Waals surface area contributed by atoms with Gasteiger partial charge in [-0.05, 0) is 20.8 Å². The Morgan fingerprint density at radius 1 is 1.33 bits per heavy atom. The lowest BCUT2D eigenvalue weighted by Gasteiger charge is -2.28. The minimum Gasteiger partial charge on any atom is -0.740 e.